The van der Waals surface area contributed by atoms with Crippen molar-refractivity contribution < 1.29 is 8.42 Å². The van der Waals surface area contributed by atoms with Crippen molar-refractivity contribution in [3.8, 4) is 0 Å². The van der Waals surface area contributed by atoms with E-state index in [1.54, 1.807) is 32.3 Å². The minimum Gasteiger partial charge on any atom is -0.382 e. The first kappa shape index (κ1) is 14.3. The van der Waals surface area contributed by atoms with Gasteiger partial charge in [-0.15, -0.1) is 0 Å². The Kier molecular flexibility index (Phi) is 4.44. The molecular weight excluding hydrogens is 262 g/mol. The number of sulfonamides is 1. The quantitative estimate of drug-likeness (QED) is 0.869. The maximum Gasteiger partial charge on any atom is 0.242 e. The SMILES string of the molecule is CN(C)S(=O)(=O)c1cccc(NC2CCNCC2)c1. The van der Waals surface area contributed by atoms with Crippen LogP contribution in [0.2, 0.25) is 0 Å². The van der Waals surface area contributed by atoms with E-state index in [0.29, 0.717) is 10.9 Å². The Balaban J connectivity index is 2.15. The summed E-state index contributed by atoms with van der Waals surface area (Å²) in [6, 6.07) is 7.44. The number of piperidine rings is 1. The lowest BCUT2D eigenvalue weighted by Gasteiger charge is -2.25. The summed E-state index contributed by atoms with van der Waals surface area (Å²) in [5.41, 5.74) is 0.870. The predicted octanol–water partition coefficient (Wildman–Crippen LogP) is 1.10. The lowest BCUT2D eigenvalue weighted by molar-refractivity contribution is 0.479. The van der Waals surface area contributed by atoms with E-state index in [0.717, 1.165) is 31.6 Å². The fraction of sp³-hybridized carbons (Fsp3) is 0.538. The molecule has 19 heavy (non-hydrogen) atoms. The molecular formula is C13H21N3O2S. The van der Waals surface area contributed by atoms with E-state index in [2.05, 4.69) is 10.6 Å². The van der Waals surface area contributed by atoms with Gasteiger partial charge in [0.25, 0.3) is 0 Å². The lowest BCUT2D eigenvalue weighted by Crippen LogP contribution is -2.35. The summed E-state index contributed by atoms with van der Waals surface area (Å²) in [7, 11) is -0.271. The van der Waals surface area contributed by atoms with Gasteiger partial charge >= 0.3 is 0 Å². The Morgan fingerprint density at radius 3 is 2.58 bits per heavy atom. The number of hydrogen-bond donors (Lipinski definition) is 2. The molecule has 1 aliphatic rings. The topological polar surface area (TPSA) is 61.4 Å². The van der Waals surface area contributed by atoms with Crippen LogP contribution in [-0.2, 0) is 10.0 Å². The van der Waals surface area contributed by atoms with Crippen LogP contribution in [0.1, 0.15) is 12.8 Å². The number of benzene rings is 1. The standard InChI is InChI=1S/C13H21N3O2S/c1-16(2)19(17,18)13-5-3-4-12(10-13)15-11-6-8-14-9-7-11/h3-5,10-11,14-15H,6-9H2,1-2H3. The molecule has 1 saturated heterocycles. The van der Waals surface area contributed by atoms with Crippen molar-refractivity contribution in [3.05, 3.63) is 24.3 Å². The fourth-order valence-corrected chi connectivity index (χ4v) is 3.11. The van der Waals surface area contributed by atoms with Crippen LogP contribution in [0.25, 0.3) is 0 Å². The van der Waals surface area contributed by atoms with E-state index in [9.17, 15) is 8.42 Å². The second-order valence-electron chi connectivity index (χ2n) is 4.98. The highest BCUT2D eigenvalue weighted by atomic mass is 32.2. The Morgan fingerprint density at radius 2 is 1.95 bits per heavy atom. The number of rotatable bonds is 4. The molecule has 5 nitrogen and oxygen atoms in total. The Morgan fingerprint density at radius 1 is 1.26 bits per heavy atom. The van der Waals surface area contributed by atoms with Gasteiger partial charge in [-0.25, -0.2) is 12.7 Å². The van der Waals surface area contributed by atoms with Crippen molar-refractivity contribution in [2.75, 3.05) is 32.5 Å². The van der Waals surface area contributed by atoms with Crippen molar-refractivity contribution in [1.82, 2.24) is 9.62 Å². The van der Waals surface area contributed by atoms with Crippen LogP contribution in [0.3, 0.4) is 0 Å². The highest BCUT2D eigenvalue weighted by Crippen LogP contribution is 2.20. The lowest BCUT2D eigenvalue weighted by atomic mass is 10.1. The third kappa shape index (κ3) is 3.46. The van der Waals surface area contributed by atoms with Crippen molar-refractivity contribution in [2.45, 2.75) is 23.8 Å². The smallest absolute Gasteiger partial charge is 0.242 e. The number of nitrogens with zero attached hydrogens (tertiary/aromatic N) is 1. The maximum absolute atomic E-state index is 12.1. The normalized spacial score (nSPS) is 17.6. The zero-order valence-corrected chi connectivity index (χ0v) is 12.2. The third-order valence-electron chi connectivity index (χ3n) is 3.32. The largest absolute Gasteiger partial charge is 0.382 e. The number of anilines is 1. The summed E-state index contributed by atoms with van der Waals surface area (Å²) in [6.45, 7) is 2.01. The van der Waals surface area contributed by atoms with Gasteiger partial charge in [-0.2, -0.15) is 0 Å². The maximum atomic E-state index is 12.1. The van der Waals surface area contributed by atoms with Gasteiger partial charge in [0.2, 0.25) is 10.0 Å². The minimum atomic E-state index is -3.36. The van der Waals surface area contributed by atoms with Gasteiger partial charge < -0.3 is 10.6 Å². The molecule has 0 saturated carbocycles. The van der Waals surface area contributed by atoms with E-state index < -0.39 is 10.0 Å². The van der Waals surface area contributed by atoms with E-state index in [-0.39, 0.29) is 0 Å². The molecule has 0 bridgehead atoms. The molecule has 2 rings (SSSR count). The first-order valence-electron chi connectivity index (χ1n) is 6.50. The molecule has 106 valence electrons. The zero-order valence-electron chi connectivity index (χ0n) is 11.4. The average Bonchev–Trinajstić information content (AvgIpc) is 2.40. The van der Waals surface area contributed by atoms with Crippen LogP contribution in [0, 0.1) is 0 Å². The second-order valence-corrected chi connectivity index (χ2v) is 7.14. The molecule has 0 amide bonds. The van der Waals surface area contributed by atoms with E-state index in [4.69, 9.17) is 0 Å². The van der Waals surface area contributed by atoms with Gasteiger partial charge in [-0.1, -0.05) is 6.07 Å². The predicted molar refractivity (Wildman–Crippen MR) is 76.8 cm³/mol. The van der Waals surface area contributed by atoms with Crippen molar-refractivity contribution in [2.24, 2.45) is 0 Å². The van der Waals surface area contributed by atoms with Crippen molar-refractivity contribution in [1.29, 1.82) is 0 Å². The second kappa shape index (κ2) is 5.90. The van der Waals surface area contributed by atoms with Crippen LogP contribution >= 0.6 is 0 Å². The van der Waals surface area contributed by atoms with E-state index in [1.165, 1.54) is 4.31 Å². The van der Waals surface area contributed by atoms with Crippen LogP contribution < -0.4 is 10.6 Å². The molecule has 1 aliphatic heterocycles. The Hall–Kier alpha value is -1.11. The van der Waals surface area contributed by atoms with Crippen LogP contribution in [0.5, 0.6) is 0 Å². The average molecular weight is 283 g/mol. The molecule has 2 N–H and O–H groups in total. The van der Waals surface area contributed by atoms with Gasteiger partial charge in [-0.05, 0) is 44.1 Å². The Bertz CT molecular complexity index is 522. The minimum absolute atomic E-state index is 0.330. The summed E-state index contributed by atoms with van der Waals surface area (Å²) < 4.78 is 25.4. The zero-order chi connectivity index (χ0) is 13.9. The number of nitrogens with one attached hydrogen (secondary N) is 2. The molecule has 1 aromatic rings. The van der Waals surface area contributed by atoms with E-state index >= 15 is 0 Å². The molecule has 0 unspecified atom stereocenters. The summed E-state index contributed by atoms with van der Waals surface area (Å²) in [6.07, 6.45) is 2.12. The van der Waals surface area contributed by atoms with Crippen LogP contribution in [0.15, 0.2) is 29.2 Å². The monoisotopic (exact) mass is 283 g/mol. The fourth-order valence-electron chi connectivity index (χ4n) is 2.16. The Labute approximate surface area is 115 Å². The van der Waals surface area contributed by atoms with Gasteiger partial charge in [0.1, 0.15) is 0 Å². The molecule has 0 spiro atoms. The summed E-state index contributed by atoms with van der Waals surface area (Å²) in [5, 5.41) is 6.72. The summed E-state index contributed by atoms with van der Waals surface area (Å²) >= 11 is 0. The molecule has 6 heteroatoms. The number of hydrogen-bond acceptors (Lipinski definition) is 4. The molecule has 0 aliphatic carbocycles. The van der Waals surface area contributed by atoms with Gasteiger partial charge in [0.05, 0.1) is 4.90 Å². The molecule has 0 atom stereocenters. The first-order chi connectivity index (χ1) is 9.00. The van der Waals surface area contributed by atoms with E-state index in [1.807, 2.05) is 6.07 Å². The third-order valence-corrected chi connectivity index (χ3v) is 5.13. The molecule has 1 fully saturated rings. The highest BCUT2D eigenvalue weighted by molar-refractivity contribution is 7.89. The highest BCUT2D eigenvalue weighted by Gasteiger charge is 2.18. The van der Waals surface area contributed by atoms with Gasteiger partial charge in [0, 0.05) is 25.8 Å². The summed E-state index contributed by atoms with van der Waals surface area (Å²) in [5.74, 6) is 0. The van der Waals surface area contributed by atoms with Crippen LogP contribution in [0.4, 0.5) is 5.69 Å². The molecule has 1 heterocycles. The molecule has 0 aromatic heterocycles. The summed E-state index contributed by atoms with van der Waals surface area (Å²) in [4.78, 5) is 0.330. The molecule has 1 aromatic carbocycles. The van der Waals surface area contributed by atoms with Crippen molar-refractivity contribution >= 4 is 15.7 Å². The van der Waals surface area contributed by atoms with Crippen molar-refractivity contribution in [3.63, 3.8) is 0 Å². The van der Waals surface area contributed by atoms with Crippen LogP contribution in [-0.4, -0.2) is 45.9 Å². The first-order valence-corrected chi connectivity index (χ1v) is 7.94. The van der Waals surface area contributed by atoms with Gasteiger partial charge in [0.15, 0.2) is 0 Å². The molecule has 0 radical (unpaired) electrons. The van der Waals surface area contributed by atoms with Gasteiger partial charge in [-0.3, -0.25) is 0 Å².